The van der Waals surface area contributed by atoms with E-state index in [1.165, 1.54) is 0 Å². The number of aryl methyl sites for hydroxylation is 2. The molecule has 0 radical (unpaired) electrons. The van der Waals surface area contributed by atoms with E-state index in [1.807, 2.05) is 69.5 Å². The highest BCUT2D eigenvalue weighted by Crippen LogP contribution is 2.22. The SMILES string of the molecule is CSc1cccc(NC(=O)NC(C)COc2c(C)cccc2C)c1. The molecular formula is C19H24N2O2S. The highest BCUT2D eigenvalue weighted by Gasteiger charge is 2.10. The van der Waals surface area contributed by atoms with Crippen LogP contribution in [0, 0.1) is 13.8 Å². The van der Waals surface area contributed by atoms with E-state index < -0.39 is 0 Å². The Morgan fingerprint density at radius 3 is 2.50 bits per heavy atom. The van der Waals surface area contributed by atoms with Crippen LogP contribution in [0.5, 0.6) is 5.75 Å². The standard InChI is InChI=1S/C19H24N2O2S/c1-13-7-5-8-14(2)18(13)23-12-15(3)20-19(22)21-16-9-6-10-17(11-16)24-4/h5-11,15H,12H2,1-4H3,(H2,20,21,22). The van der Waals surface area contributed by atoms with E-state index in [-0.39, 0.29) is 12.1 Å². The molecule has 0 spiro atoms. The van der Waals surface area contributed by atoms with E-state index in [4.69, 9.17) is 4.74 Å². The van der Waals surface area contributed by atoms with Crippen molar-refractivity contribution in [1.29, 1.82) is 0 Å². The number of para-hydroxylation sites is 1. The van der Waals surface area contributed by atoms with Gasteiger partial charge < -0.3 is 15.4 Å². The molecule has 0 aliphatic heterocycles. The van der Waals surface area contributed by atoms with Crippen molar-refractivity contribution in [3.8, 4) is 5.75 Å². The average molecular weight is 344 g/mol. The van der Waals surface area contributed by atoms with Crippen molar-refractivity contribution in [2.75, 3.05) is 18.2 Å². The number of benzene rings is 2. The fourth-order valence-corrected chi connectivity index (χ4v) is 2.83. The molecule has 0 saturated carbocycles. The second kappa shape index (κ2) is 8.64. The van der Waals surface area contributed by atoms with Crippen LogP contribution < -0.4 is 15.4 Å². The van der Waals surface area contributed by atoms with Crippen LogP contribution in [0.15, 0.2) is 47.4 Å². The number of carbonyl (C=O) groups is 1. The summed E-state index contributed by atoms with van der Waals surface area (Å²) in [6.45, 7) is 6.38. The lowest BCUT2D eigenvalue weighted by molar-refractivity contribution is 0.236. The Labute approximate surface area is 148 Å². The van der Waals surface area contributed by atoms with E-state index in [0.29, 0.717) is 6.61 Å². The number of hydrogen-bond donors (Lipinski definition) is 2. The normalized spacial score (nSPS) is 11.7. The van der Waals surface area contributed by atoms with Gasteiger partial charge in [0, 0.05) is 10.6 Å². The molecule has 5 heteroatoms. The number of nitrogens with one attached hydrogen (secondary N) is 2. The van der Waals surface area contributed by atoms with Gasteiger partial charge in [-0.2, -0.15) is 0 Å². The Morgan fingerprint density at radius 1 is 1.17 bits per heavy atom. The third-order valence-electron chi connectivity index (χ3n) is 3.59. The molecule has 0 aliphatic rings. The van der Waals surface area contributed by atoms with Gasteiger partial charge in [-0.3, -0.25) is 0 Å². The number of rotatable bonds is 6. The van der Waals surface area contributed by atoms with Crippen LogP contribution in [0.4, 0.5) is 10.5 Å². The van der Waals surface area contributed by atoms with Gasteiger partial charge in [0.2, 0.25) is 0 Å². The molecule has 2 N–H and O–H groups in total. The van der Waals surface area contributed by atoms with Crippen molar-refractivity contribution in [2.45, 2.75) is 31.7 Å². The first kappa shape index (κ1) is 18.2. The first-order valence-corrected chi connectivity index (χ1v) is 9.12. The predicted octanol–water partition coefficient (Wildman–Crippen LogP) is 4.61. The largest absolute Gasteiger partial charge is 0.491 e. The molecule has 1 atom stereocenters. The van der Waals surface area contributed by atoms with Gasteiger partial charge in [-0.1, -0.05) is 24.3 Å². The Kier molecular flexibility index (Phi) is 6.55. The molecule has 0 fully saturated rings. The summed E-state index contributed by atoms with van der Waals surface area (Å²) in [6, 6.07) is 13.5. The predicted molar refractivity (Wildman–Crippen MR) is 101 cm³/mol. The molecule has 0 aliphatic carbocycles. The molecule has 2 amide bonds. The third-order valence-corrected chi connectivity index (χ3v) is 4.32. The minimum absolute atomic E-state index is 0.104. The van der Waals surface area contributed by atoms with Crippen LogP contribution in [0.3, 0.4) is 0 Å². The summed E-state index contributed by atoms with van der Waals surface area (Å²) in [6.07, 6.45) is 2.01. The third kappa shape index (κ3) is 5.20. The van der Waals surface area contributed by atoms with E-state index in [1.54, 1.807) is 11.8 Å². The van der Waals surface area contributed by atoms with Crippen molar-refractivity contribution in [1.82, 2.24) is 5.32 Å². The maximum absolute atomic E-state index is 12.1. The van der Waals surface area contributed by atoms with E-state index in [0.717, 1.165) is 27.5 Å². The second-order valence-corrected chi connectivity index (χ2v) is 6.64. The molecule has 2 aromatic rings. The van der Waals surface area contributed by atoms with Crippen molar-refractivity contribution in [3.05, 3.63) is 53.6 Å². The highest BCUT2D eigenvalue weighted by molar-refractivity contribution is 7.98. The number of amides is 2. The van der Waals surface area contributed by atoms with Gasteiger partial charge in [0.1, 0.15) is 12.4 Å². The lowest BCUT2D eigenvalue weighted by Gasteiger charge is -2.18. The minimum Gasteiger partial charge on any atom is -0.491 e. The molecule has 0 heterocycles. The number of urea groups is 1. The zero-order valence-corrected chi connectivity index (χ0v) is 15.4. The van der Waals surface area contributed by atoms with Crippen LogP contribution in [0.25, 0.3) is 0 Å². The molecule has 0 aromatic heterocycles. The Morgan fingerprint density at radius 2 is 1.83 bits per heavy atom. The van der Waals surface area contributed by atoms with Crippen LogP contribution in [0.2, 0.25) is 0 Å². The Balaban J connectivity index is 1.85. The topological polar surface area (TPSA) is 50.4 Å². The zero-order valence-electron chi connectivity index (χ0n) is 14.6. The fraction of sp³-hybridized carbons (Fsp3) is 0.316. The number of carbonyl (C=O) groups excluding carboxylic acids is 1. The fourth-order valence-electron chi connectivity index (χ4n) is 2.37. The Hall–Kier alpha value is -2.14. The van der Waals surface area contributed by atoms with Crippen LogP contribution in [-0.4, -0.2) is 24.9 Å². The van der Waals surface area contributed by atoms with Crippen molar-refractivity contribution >= 4 is 23.5 Å². The van der Waals surface area contributed by atoms with E-state index >= 15 is 0 Å². The summed E-state index contributed by atoms with van der Waals surface area (Å²) in [5.41, 5.74) is 2.98. The summed E-state index contributed by atoms with van der Waals surface area (Å²) >= 11 is 1.64. The molecule has 128 valence electrons. The molecule has 4 nitrogen and oxygen atoms in total. The maximum Gasteiger partial charge on any atom is 0.319 e. The lowest BCUT2D eigenvalue weighted by Crippen LogP contribution is -2.39. The minimum atomic E-state index is -0.231. The summed E-state index contributed by atoms with van der Waals surface area (Å²) in [5, 5.41) is 5.74. The molecule has 24 heavy (non-hydrogen) atoms. The van der Waals surface area contributed by atoms with Gasteiger partial charge >= 0.3 is 6.03 Å². The molecule has 2 rings (SSSR count). The van der Waals surface area contributed by atoms with Gasteiger partial charge in [-0.25, -0.2) is 4.79 Å². The van der Waals surface area contributed by atoms with Crippen LogP contribution in [-0.2, 0) is 0 Å². The molecule has 1 unspecified atom stereocenters. The molecule has 0 bridgehead atoms. The first-order valence-electron chi connectivity index (χ1n) is 7.90. The number of anilines is 1. The van der Waals surface area contributed by atoms with Gasteiger partial charge in [-0.05, 0) is 56.4 Å². The average Bonchev–Trinajstić information content (AvgIpc) is 2.54. The maximum atomic E-state index is 12.1. The van der Waals surface area contributed by atoms with Gasteiger partial charge in [0.05, 0.1) is 6.04 Å². The van der Waals surface area contributed by atoms with E-state index in [2.05, 4.69) is 10.6 Å². The van der Waals surface area contributed by atoms with Gasteiger partial charge in [0.15, 0.2) is 0 Å². The van der Waals surface area contributed by atoms with Crippen LogP contribution >= 0.6 is 11.8 Å². The number of thioether (sulfide) groups is 1. The number of hydrogen-bond acceptors (Lipinski definition) is 3. The van der Waals surface area contributed by atoms with Gasteiger partial charge in [0.25, 0.3) is 0 Å². The Bertz CT molecular complexity index is 683. The first-order chi connectivity index (χ1) is 11.5. The molecule has 2 aromatic carbocycles. The van der Waals surface area contributed by atoms with E-state index in [9.17, 15) is 4.79 Å². The zero-order chi connectivity index (χ0) is 17.5. The molecule has 0 saturated heterocycles. The smallest absolute Gasteiger partial charge is 0.319 e. The molecular weight excluding hydrogens is 320 g/mol. The lowest BCUT2D eigenvalue weighted by atomic mass is 10.1. The second-order valence-electron chi connectivity index (χ2n) is 5.76. The summed E-state index contributed by atoms with van der Waals surface area (Å²) in [4.78, 5) is 13.2. The van der Waals surface area contributed by atoms with Gasteiger partial charge in [-0.15, -0.1) is 11.8 Å². The number of ether oxygens (including phenoxy) is 1. The van der Waals surface area contributed by atoms with Crippen molar-refractivity contribution in [2.24, 2.45) is 0 Å². The monoisotopic (exact) mass is 344 g/mol. The summed E-state index contributed by atoms with van der Waals surface area (Å²) in [7, 11) is 0. The highest BCUT2D eigenvalue weighted by atomic mass is 32.2. The quantitative estimate of drug-likeness (QED) is 0.752. The summed E-state index contributed by atoms with van der Waals surface area (Å²) in [5.74, 6) is 0.888. The van der Waals surface area contributed by atoms with Crippen LogP contribution in [0.1, 0.15) is 18.1 Å². The van der Waals surface area contributed by atoms with Crippen molar-refractivity contribution < 1.29 is 9.53 Å². The van der Waals surface area contributed by atoms with Crippen molar-refractivity contribution in [3.63, 3.8) is 0 Å². The summed E-state index contributed by atoms with van der Waals surface area (Å²) < 4.78 is 5.87.